The molecule has 0 bridgehead atoms. The molecule has 0 aromatic heterocycles. The Morgan fingerprint density at radius 3 is 3.00 bits per heavy atom. The predicted molar refractivity (Wildman–Crippen MR) is 67.4 cm³/mol. The number of rotatable bonds is 4. The van der Waals surface area contributed by atoms with Crippen molar-refractivity contribution in [2.75, 3.05) is 13.1 Å². The SMILES string of the molecule is CCCCCC12CCNCC1CCCC2O. The standard InChI is InChI=1S/C14H27NO/c1-2-3-4-8-14-9-10-15-11-12(14)6-5-7-13(14)16/h12-13,15-16H,2-11H2,1H3. The first kappa shape index (κ1) is 12.4. The fourth-order valence-electron chi connectivity index (χ4n) is 3.88. The molecule has 3 unspecified atom stereocenters. The Balaban J connectivity index is 2.02. The highest BCUT2D eigenvalue weighted by Gasteiger charge is 2.47. The fourth-order valence-corrected chi connectivity index (χ4v) is 3.88. The molecule has 1 saturated heterocycles. The van der Waals surface area contributed by atoms with E-state index in [1.165, 1.54) is 44.9 Å². The van der Waals surface area contributed by atoms with Gasteiger partial charge in [0.1, 0.15) is 0 Å². The van der Waals surface area contributed by atoms with Crippen LogP contribution in [0.15, 0.2) is 0 Å². The zero-order valence-corrected chi connectivity index (χ0v) is 10.7. The minimum absolute atomic E-state index is 0.0230. The Hall–Kier alpha value is -0.0800. The monoisotopic (exact) mass is 225 g/mol. The minimum atomic E-state index is -0.0230. The van der Waals surface area contributed by atoms with Crippen LogP contribution in [0.25, 0.3) is 0 Å². The summed E-state index contributed by atoms with van der Waals surface area (Å²) in [5, 5.41) is 13.9. The normalized spacial score (nSPS) is 39.4. The number of hydrogen-bond acceptors (Lipinski definition) is 2. The van der Waals surface area contributed by atoms with Gasteiger partial charge in [-0.15, -0.1) is 0 Å². The maximum absolute atomic E-state index is 10.4. The molecule has 0 aromatic rings. The second kappa shape index (κ2) is 5.50. The zero-order valence-electron chi connectivity index (χ0n) is 10.7. The Morgan fingerprint density at radius 1 is 1.31 bits per heavy atom. The van der Waals surface area contributed by atoms with Crippen molar-refractivity contribution >= 4 is 0 Å². The Bertz CT molecular complexity index is 217. The van der Waals surface area contributed by atoms with E-state index in [0.717, 1.165) is 25.4 Å². The van der Waals surface area contributed by atoms with Crippen LogP contribution in [0.5, 0.6) is 0 Å². The predicted octanol–water partition coefficient (Wildman–Crippen LogP) is 2.71. The van der Waals surface area contributed by atoms with Crippen molar-refractivity contribution in [3.05, 3.63) is 0 Å². The van der Waals surface area contributed by atoms with Crippen LogP contribution in [0, 0.1) is 11.3 Å². The van der Waals surface area contributed by atoms with Crippen molar-refractivity contribution in [2.24, 2.45) is 11.3 Å². The summed E-state index contributed by atoms with van der Waals surface area (Å²) in [6, 6.07) is 0. The first-order valence-corrected chi connectivity index (χ1v) is 7.18. The maximum atomic E-state index is 10.4. The maximum Gasteiger partial charge on any atom is 0.0600 e. The number of unbranched alkanes of at least 4 members (excludes halogenated alkanes) is 2. The number of aliphatic hydroxyl groups excluding tert-OH is 1. The summed E-state index contributed by atoms with van der Waals surface area (Å²) in [4.78, 5) is 0. The molecule has 94 valence electrons. The molecule has 1 saturated carbocycles. The molecule has 3 atom stereocenters. The molecule has 0 spiro atoms. The molecule has 0 amide bonds. The van der Waals surface area contributed by atoms with Crippen LogP contribution >= 0.6 is 0 Å². The third kappa shape index (κ3) is 2.28. The molecular formula is C14H27NO. The molecule has 16 heavy (non-hydrogen) atoms. The molecule has 0 radical (unpaired) electrons. The lowest BCUT2D eigenvalue weighted by Crippen LogP contribution is -2.53. The van der Waals surface area contributed by atoms with Gasteiger partial charge in [0.25, 0.3) is 0 Å². The van der Waals surface area contributed by atoms with E-state index in [0.29, 0.717) is 0 Å². The largest absolute Gasteiger partial charge is 0.393 e. The molecule has 2 fully saturated rings. The zero-order chi connectivity index (χ0) is 11.4. The van der Waals surface area contributed by atoms with Gasteiger partial charge in [-0.3, -0.25) is 0 Å². The third-order valence-electron chi connectivity index (χ3n) is 4.91. The van der Waals surface area contributed by atoms with Crippen molar-refractivity contribution < 1.29 is 5.11 Å². The van der Waals surface area contributed by atoms with Crippen molar-refractivity contribution in [3.8, 4) is 0 Å². The number of aliphatic hydroxyl groups is 1. The Morgan fingerprint density at radius 2 is 2.19 bits per heavy atom. The summed E-state index contributed by atoms with van der Waals surface area (Å²) in [6.45, 7) is 4.51. The minimum Gasteiger partial charge on any atom is -0.393 e. The summed E-state index contributed by atoms with van der Waals surface area (Å²) in [6.07, 6.45) is 9.96. The van der Waals surface area contributed by atoms with E-state index in [9.17, 15) is 5.11 Å². The second-order valence-electron chi connectivity index (χ2n) is 5.79. The fraction of sp³-hybridized carbons (Fsp3) is 1.00. The molecule has 2 nitrogen and oxygen atoms in total. The first-order valence-electron chi connectivity index (χ1n) is 7.18. The Kier molecular flexibility index (Phi) is 4.26. The van der Waals surface area contributed by atoms with Gasteiger partial charge in [0.2, 0.25) is 0 Å². The molecule has 2 aliphatic rings. The summed E-state index contributed by atoms with van der Waals surface area (Å²) in [5.74, 6) is 0.738. The quantitative estimate of drug-likeness (QED) is 0.721. The molecule has 1 aliphatic carbocycles. The molecule has 1 aliphatic heterocycles. The van der Waals surface area contributed by atoms with Crippen molar-refractivity contribution in [1.82, 2.24) is 5.32 Å². The van der Waals surface area contributed by atoms with E-state index in [1.54, 1.807) is 0 Å². The van der Waals surface area contributed by atoms with Crippen molar-refractivity contribution in [1.29, 1.82) is 0 Å². The van der Waals surface area contributed by atoms with E-state index in [2.05, 4.69) is 12.2 Å². The number of fused-ring (bicyclic) bond motifs is 1. The molecule has 2 heteroatoms. The van der Waals surface area contributed by atoms with Gasteiger partial charge in [0.05, 0.1) is 6.10 Å². The summed E-state index contributed by atoms with van der Waals surface area (Å²) in [5.41, 5.74) is 0.276. The second-order valence-corrected chi connectivity index (χ2v) is 5.79. The van der Waals surface area contributed by atoms with E-state index in [1.807, 2.05) is 0 Å². The smallest absolute Gasteiger partial charge is 0.0600 e. The molecule has 2 N–H and O–H groups in total. The molecule has 2 rings (SSSR count). The lowest BCUT2D eigenvalue weighted by Gasteiger charge is -2.51. The van der Waals surface area contributed by atoms with Gasteiger partial charge in [0, 0.05) is 5.41 Å². The molecule has 1 heterocycles. The van der Waals surface area contributed by atoms with Crippen LogP contribution in [-0.2, 0) is 0 Å². The van der Waals surface area contributed by atoms with Gasteiger partial charge >= 0.3 is 0 Å². The topological polar surface area (TPSA) is 32.3 Å². The summed E-state index contributed by atoms with van der Waals surface area (Å²) in [7, 11) is 0. The van der Waals surface area contributed by atoms with Gasteiger partial charge in [-0.1, -0.05) is 32.6 Å². The van der Waals surface area contributed by atoms with Crippen LogP contribution in [0.2, 0.25) is 0 Å². The summed E-state index contributed by atoms with van der Waals surface area (Å²) < 4.78 is 0. The van der Waals surface area contributed by atoms with E-state index < -0.39 is 0 Å². The number of piperidine rings is 1. The van der Waals surface area contributed by atoms with Crippen LogP contribution in [0.3, 0.4) is 0 Å². The van der Waals surface area contributed by atoms with E-state index in [4.69, 9.17) is 0 Å². The highest BCUT2D eigenvalue weighted by Crippen LogP contribution is 2.48. The van der Waals surface area contributed by atoms with Gasteiger partial charge in [-0.2, -0.15) is 0 Å². The highest BCUT2D eigenvalue weighted by molar-refractivity contribution is 4.99. The van der Waals surface area contributed by atoms with Gasteiger partial charge in [0.15, 0.2) is 0 Å². The van der Waals surface area contributed by atoms with Gasteiger partial charge in [-0.05, 0) is 44.7 Å². The van der Waals surface area contributed by atoms with Crippen LogP contribution in [-0.4, -0.2) is 24.3 Å². The van der Waals surface area contributed by atoms with E-state index in [-0.39, 0.29) is 11.5 Å². The number of nitrogens with one attached hydrogen (secondary N) is 1. The average molecular weight is 225 g/mol. The third-order valence-corrected chi connectivity index (χ3v) is 4.91. The van der Waals surface area contributed by atoms with Crippen molar-refractivity contribution in [2.45, 2.75) is 64.4 Å². The van der Waals surface area contributed by atoms with E-state index >= 15 is 0 Å². The lowest BCUT2D eigenvalue weighted by atomic mass is 9.59. The Labute approximate surface area is 99.8 Å². The number of hydrogen-bond donors (Lipinski definition) is 2. The average Bonchev–Trinajstić information content (AvgIpc) is 2.31. The van der Waals surface area contributed by atoms with Gasteiger partial charge in [-0.25, -0.2) is 0 Å². The lowest BCUT2D eigenvalue weighted by molar-refractivity contribution is -0.0783. The van der Waals surface area contributed by atoms with Crippen LogP contribution < -0.4 is 5.32 Å². The van der Waals surface area contributed by atoms with Gasteiger partial charge < -0.3 is 10.4 Å². The van der Waals surface area contributed by atoms with Crippen LogP contribution in [0.4, 0.5) is 0 Å². The first-order chi connectivity index (χ1) is 7.79. The van der Waals surface area contributed by atoms with Crippen molar-refractivity contribution in [3.63, 3.8) is 0 Å². The summed E-state index contributed by atoms with van der Waals surface area (Å²) >= 11 is 0. The highest BCUT2D eigenvalue weighted by atomic mass is 16.3. The molecule has 0 aromatic carbocycles. The molecular weight excluding hydrogens is 198 g/mol. The van der Waals surface area contributed by atoms with Crippen LogP contribution in [0.1, 0.15) is 58.3 Å².